The minimum Gasteiger partial charge on any atom is -0.369 e. The van der Waals surface area contributed by atoms with Crippen molar-refractivity contribution in [1.29, 1.82) is 0 Å². The maximum atomic E-state index is 12.1. The van der Waals surface area contributed by atoms with Crippen molar-refractivity contribution in [2.45, 2.75) is 13.3 Å². The van der Waals surface area contributed by atoms with Crippen molar-refractivity contribution < 1.29 is 4.79 Å². The van der Waals surface area contributed by atoms with Crippen LogP contribution in [-0.2, 0) is 6.42 Å². The first-order valence-corrected chi connectivity index (χ1v) is 9.41. The molecule has 0 bridgehead atoms. The molecule has 0 saturated carbocycles. The first kappa shape index (κ1) is 18.3. The number of urea groups is 1. The van der Waals surface area contributed by atoms with E-state index < -0.39 is 0 Å². The number of rotatable bonds is 6. The van der Waals surface area contributed by atoms with Gasteiger partial charge in [-0.25, -0.2) is 4.79 Å². The summed E-state index contributed by atoms with van der Waals surface area (Å²) in [4.78, 5) is 16.9. The highest BCUT2D eigenvalue weighted by atomic mass is 16.2. The zero-order valence-electron chi connectivity index (χ0n) is 15.4. The van der Waals surface area contributed by atoms with Crippen molar-refractivity contribution in [3.05, 3.63) is 60.2 Å². The molecule has 1 aliphatic rings. The van der Waals surface area contributed by atoms with E-state index >= 15 is 0 Å². The van der Waals surface area contributed by atoms with E-state index in [1.165, 1.54) is 5.69 Å². The van der Waals surface area contributed by atoms with Crippen LogP contribution in [0.2, 0.25) is 0 Å². The number of nitrogens with one attached hydrogen (secondary N) is 2. The van der Waals surface area contributed by atoms with Crippen LogP contribution in [0.25, 0.3) is 0 Å². The molecule has 2 aromatic carbocycles. The molecule has 3 rings (SSSR count). The molecule has 1 fully saturated rings. The number of anilines is 2. The van der Waals surface area contributed by atoms with E-state index in [1.54, 1.807) is 0 Å². The number of carbonyl (C=O) groups excluding carboxylic acids is 1. The largest absolute Gasteiger partial charge is 0.369 e. The molecule has 2 N–H and O–H groups in total. The molecular formula is C21H28N4O. The fourth-order valence-corrected chi connectivity index (χ4v) is 3.31. The number of carbonyl (C=O) groups is 1. The minimum atomic E-state index is -0.131. The molecule has 1 aliphatic heterocycles. The SMILES string of the molecule is CCc1ccccc1NC(=O)NCCN1CCN(c2ccccc2)CC1. The summed E-state index contributed by atoms with van der Waals surface area (Å²) in [5.41, 5.74) is 3.34. The Morgan fingerprint density at radius 3 is 2.38 bits per heavy atom. The van der Waals surface area contributed by atoms with E-state index in [1.807, 2.05) is 24.3 Å². The summed E-state index contributed by atoms with van der Waals surface area (Å²) in [6.07, 6.45) is 0.905. The number of hydrogen-bond acceptors (Lipinski definition) is 3. The maximum absolute atomic E-state index is 12.1. The van der Waals surface area contributed by atoms with Crippen molar-refractivity contribution in [2.75, 3.05) is 49.5 Å². The molecule has 0 aromatic heterocycles. The molecule has 26 heavy (non-hydrogen) atoms. The molecule has 5 nitrogen and oxygen atoms in total. The fourth-order valence-electron chi connectivity index (χ4n) is 3.31. The van der Waals surface area contributed by atoms with E-state index in [-0.39, 0.29) is 6.03 Å². The normalized spacial score (nSPS) is 14.9. The lowest BCUT2D eigenvalue weighted by Gasteiger charge is -2.36. The lowest BCUT2D eigenvalue weighted by molar-refractivity contribution is 0.240. The quantitative estimate of drug-likeness (QED) is 0.839. The van der Waals surface area contributed by atoms with Gasteiger partial charge in [0.05, 0.1) is 0 Å². The van der Waals surface area contributed by atoms with Gasteiger partial charge in [-0.15, -0.1) is 0 Å². The predicted octanol–water partition coefficient (Wildman–Crippen LogP) is 3.19. The summed E-state index contributed by atoms with van der Waals surface area (Å²) < 4.78 is 0. The minimum absolute atomic E-state index is 0.131. The Labute approximate surface area is 156 Å². The molecular weight excluding hydrogens is 324 g/mol. The zero-order valence-corrected chi connectivity index (χ0v) is 15.4. The monoisotopic (exact) mass is 352 g/mol. The number of para-hydroxylation sites is 2. The molecule has 1 heterocycles. The number of benzene rings is 2. The van der Waals surface area contributed by atoms with Crippen molar-refractivity contribution in [3.63, 3.8) is 0 Å². The summed E-state index contributed by atoms with van der Waals surface area (Å²) in [6, 6.07) is 18.3. The van der Waals surface area contributed by atoms with Gasteiger partial charge < -0.3 is 15.5 Å². The first-order chi connectivity index (χ1) is 12.8. The Morgan fingerprint density at radius 2 is 1.65 bits per heavy atom. The van der Waals surface area contributed by atoms with Crippen LogP contribution in [0, 0.1) is 0 Å². The van der Waals surface area contributed by atoms with Crippen LogP contribution in [0.4, 0.5) is 16.2 Å². The van der Waals surface area contributed by atoms with Crippen LogP contribution in [0.5, 0.6) is 0 Å². The molecule has 0 unspecified atom stereocenters. The second-order valence-electron chi connectivity index (χ2n) is 6.56. The van der Waals surface area contributed by atoms with Crippen LogP contribution < -0.4 is 15.5 Å². The van der Waals surface area contributed by atoms with E-state index in [0.717, 1.165) is 50.4 Å². The first-order valence-electron chi connectivity index (χ1n) is 9.41. The summed E-state index contributed by atoms with van der Waals surface area (Å²) in [6.45, 7) is 7.73. The van der Waals surface area contributed by atoms with E-state index in [4.69, 9.17) is 0 Å². The van der Waals surface area contributed by atoms with E-state index in [2.05, 4.69) is 57.7 Å². The maximum Gasteiger partial charge on any atom is 0.319 e. The number of piperazine rings is 1. The molecule has 0 aliphatic carbocycles. The summed E-state index contributed by atoms with van der Waals surface area (Å²) >= 11 is 0. The summed E-state index contributed by atoms with van der Waals surface area (Å²) in [5, 5.41) is 5.92. The topological polar surface area (TPSA) is 47.6 Å². The molecule has 1 saturated heterocycles. The number of amides is 2. The number of hydrogen-bond donors (Lipinski definition) is 2. The second kappa shape index (κ2) is 9.25. The average Bonchev–Trinajstić information content (AvgIpc) is 2.69. The Kier molecular flexibility index (Phi) is 6.50. The Morgan fingerprint density at radius 1 is 0.962 bits per heavy atom. The fraction of sp³-hybridized carbons (Fsp3) is 0.381. The van der Waals surface area contributed by atoms with Gasteiger partial charge in [-0.3, -0.25) is 4.90 Å². The highest BCUT2D eigenvalue weighted by molar-refractivity contribution is 5.90. The highest BCUT2D eigenvalue weighted by Gasteiger charge is 2.16. The smallest absolute Gasteiger partial charge is 0.319 e. The number of aryl methyl sites for hydroxylation is 1. The van der Waals surface area contributed by atoms with Crippen LogP contribution >= 0.6 is 0 Å². The van der Waals surface area contributed by atoms with Gasteiger partial charge in [0.1, 0.15) is 0 Å². The van der Waals surface area contributed by atoms with E-state index in [9.17, 15) is 4.79 Å². The van der Waals surface area contributed by atoms with Gasteiger partial charge >= 0.3 is 6.03 Å². The molecule has 5 heteroatoms. The van der Waals surface area contributed by atoms with Gasteiger partial charge in [0, 0.05) is 50.6 Å². The molecule has 2 aromatic rings. The molecule has 138 valence electrons. The van der Waals surface area contributed by atoms with Crippen LogP contribution in [0.15, 0.2) is 54.6 Å². The number of nitrogens with zero attached hydrogens (tertiary/aromatic N) is 2. The average molecular weight is 352 g/mol. The lowest BCUT2D eigenvalue weighted by Crippen LogP contribution is -2.48. The Hall–Kier alpha value is -2.53. The van der Waals surface area contributed by atoms with Crippen molar-refractivity contribution in [3.8, 4) is 0 Å². The zero-order chi connectivity index (χ0) is 18.2. The van der Waals surface area contributed by atoms with Crippen molar-refractivity contribution in [1.82, 2.24) is 10.2 Å². The van der Waals surface area contributed by atoms with Gasteiger partial charge in [0.2, 0.25) is 0 Å². The highest BCUT2D eigenvalue weighted by Crippen LogP contribution is 2.16. The van der Waals surface area contributed by atoms with Gasteiger partial charge in [0.25, 0.3) is 0 Å². The molecule has 0 atom stereocenters. The van der Waals surface area contributed by atoms with Gasteiger partial charge in [-0.05, 0) is 30.2 Å². The second-order valence-corrected chi connectivity index (χ2v) is 6.56. The van der Waals surface area contributed by atoms with Crippen molar-refractivity contribution in [2.24, 2.45) is 0 Å². The Balaban J connectivity index is 1.37. The lowest BCUT2D eigenvalue weighted by atomic mass is 10.1. The third-order valence-corrected chi connectivity index (χ3v) is 4.85. The van der Waals surface area contributed by atoms with Gasteiger partial charge in [0.15, 0.2) is 0 Å². The van der Waals surface area contributed by atoms with Crippen molar-refractivity contribution >= 4 is 17.4 Å². The van der Waals surface area contributed by atoms with Gasteiger partial charge in [-0.1, -0.05) is 43.3 Å². The molecule has 0 radical (unpaired) electrons. The summed E-state index contributed by atoms with van der Waals surface area (Å²) in [7, 11) is 0. The third kappa shape index (κ3) is 4.99. The Bertz CT molecular complexity index is 696. The third-order valence-electron chi connectivity index (χ3n) is 4.85. The van der Waals surface area contributed by atoms with Crippen LogP contribution in [0.1, 0.15) is 12.5 Å². The molecule has 2 amide bonds. The standard InChI is InChI=1S/C21H28N4O/c1-2-18-8-6-7-11-20(18)23-21(26)22-12-13-24-14-16-25(17-15-24)19-9-4-3-5-10-19/h3-11H,2,12-17H2,1H3,(H2,22,23,26). The van der Waals surface area contributed by atoms with Gasteiger partial charge in [-0.2, -0.15) is 0 Å². The van der Waals surface area contributed by atoms with Crippen LogP contribution in [-0.4, -0.2) is 50.2 Å². The predicted molar refractivity (Wildman–Crippen MR) is 108 cm³/mol. The molecule has 0 spiro atoms. The van der Waals surface area contributed by atoms with Crippen LogP contribution in [0.3, 0.4) is 0 Å². The van der Waals surface area contributed by atoms with E-state index in [0.29, 0.717) is 6.54 Å². The summed E-state index contributed by atoms with van der Waals surface area (Å²) in [5.74, 6) is 0.